The van der Waals surface area contributed by atoms with Crippen LogP contribution in [0.25, 0.3) is 0 Å². The van der Waals surface area contributed by atoms with Crippen LogP contribution in [0.1, 0.15) is 39.5 Å². The molecule has 0 spiro atoms. The van der Waals surface area contributed by atoms with Gasteiger partial charge in [-0.2, -0.15) is 0 Å². The molecule has 24 heavy (non-hydrogen) atoms. The summed E-state index contributed by atoms with van der Waals surface area (Å²) in [5.41, 5.74) is 6.21. The summed E-state index contributed by atoms with van der Waals surface area (Å²) in [6, 6.07) is 14.7. The number of amides is 1. The largest absolute Gasteiger partial charge is 0.350 e. The maximum Gasteiger partial charge on any atom is 0.251 e. The van der Waals surface area contributed by atoms with Crippen molar-refractivity contribution < 1.29 is 4.79 Å². The second-order valence-electron chi connectivity index (χ2n) is 6.75. The monoisotopic (exact) mass is 322 g/mol. The average Bonchev–Trinajstić information content (AvgIpc) is 2.60. The molecule has 0 radical (unpaired) electrons. The summed E-state index contributed by atoms with van der Waals surface area (Å²) in [6.07, 6.45) is 1.99. The first-order valence-electron chi connectivity index (χ1n) is 8.73. The number of carbonyl (C=O) groups is 1. The van der Waals surface area contributed by atoms with Gasteiger partial charge in [-0.3, -0.25) is 9.69 Å². The van der Waals surface area contributed by atoms with E-state index in [9.17, 15) is 4.79 Å². The second-order valence-corrected chi connectivity index (χ2v) is 6.75. The maximum absolute atomic E-state index is 12.4. The van der Waals surface area contributed by atoms with Gasteiger partial charge < -0.3 is 5.32 Å². The molecule has 0 unspecified atom stereocenters. The first-order valence-corrected chi connectivity index (χ1v) is 8.73. The molecule has 0 fully saturated rings. The van der Waals surface area contributed by atoms with E-state index in [1.807, 2.05) is 24.3 Å². The van der Waals surface area contributed by atoms with E-state index >= 15 is 0 Å². The van der Waals surface area contributed by atoms with Gasteiger partial charge in [-0.05, 0) is 61.2 Å². The van der Waals surface area contributed by atoms with Crippen LogP contribution in [-0.2, 0) is 19.4 Å². The molecule has 1 aliphatic heterocycles. The summed E-state index contributed by atoms with van der Waals surface area (Å²) in [5, 5.41) is 3.11. The summed E-state index contributed by atoms with van der Waals surface area (Å²) in [6.45, 7) is 5.92. The Hall–Kier alpha value is -2.13. The summed E-state index contributed by atoms with van der Waals surface area (Å²) in [7, 11) is 2.14. The Morgan fingerprint density at radius 2 is 1.96 bits per heavy atom. The summed E-state index contributed by atoms with van der Waals surface area (Å²) in [4.78, 5) is 14.7. The number of hydrogen-bond acceptors (Lipinski definition) is 2. The van der Waals surface area contributed by atoms with Crippen LogP contribution >= 0.6 is 0 Å². The number of rotatable bonds is 4. The third-order valence-corrected chi connectivity index (χ3v) is 5.11. The van der Waals surface area contributed by atoms with Crippen molar-refractivity contribution >= 4 is 5.91 Å². The molecular formula is C21H26N2O. The van der Waals surface area contributed by atoms with Gasteiger partial charge in [-0.25, -0.2) is 0 Å². The predicted molar refractivity (Wildman–Crippen MR) is 98.3 cm³/mol. The molecule has 2 aromatic carbocycles. The molecule has 0 bridgehead atoms. The van der Waals surface area contributed by atoms with Crippen LogP contribution in [0, 0.1) is 6.92 Å². The highest BCUT2D eigenvalue weighted by molar-refractivity contribution is 5.94. The Bertz CT molecular complexity index is 721. The Labute approximate surface area is 144 Å². The van der Waals surface area contributed by atoms with E-state index < -0.39 is 0 Å². The van der Waals surface area contributed by atoms with E-state index in [4.69, 9.17) is 0 Å². The topological polar surface area (TPSA) is 32.3 Å². The fourth-order valence-corrected chi connectivity index (χ4v) is 3.42. The van der Waals surface area contributed by atoms with Gasteiger partial charge in [0.15, 0.2) is 0 Å². The number of nitrogens with one attached hydrogen (secondary N) is 1. The molecule has 0 aliphatic carbocycles. The second kappa shape index (κ2) is 7.18. The van der Waals surface area contributed by atoms with Crippen LogP contribution < -0.4 is 5.32 Å². The molecule has 0 aromatic heterocycles. The van der Waals surface area contributed by atoms with Gasteiger partial charge >= 0.3 is 0 Å². The van der Waals surface area contributed by atoms with Gasteiger partial charge in [0.1, 0.15) is 0 Å². The van der Waals surface area contributed by atoms with E-state index in [0.717, 1.165) is 24.9 Å². The van der Waals surface area contributed by atoms with Crippen LogP contribution in [0.4, 0.5) is 0 Å². The van der Waals surface area contributed by atoms with Crippen molar-refractivity contribution in [2.24, 2.45) is 0 Å². The van der Waals surface area contributed by atoms with E-state index in [0.29, 0.717) is 12.6 Å². The van der Waals surface area contributed by atoms with Crippen molar-refractivity contribution in [2.75, 3.05) is 13.6 Å². The van der Waals surface area contributed by atoms with Crippen molar-refractivity contribution in [3.8, 4) is 0 Å². The van der Waals surface area contributed by atoms with Gasteiger partial charge in [0.05, 0.1) is 0 Å². The fourth-order valence-electron chi connectivity index (χ4n) is 3.42. The molecule has 1 aliphatic rings. The molecule has 0 saturated carbocycles. The quantitative estimate of drug-likeness (QED) is 0.936. The van der Waals surface area contributed by atoms with Crippen LogP contribution in [0.5, 0.6) is 0 Å². The van der Waals surface area contributed by atoms with Crippen LogP contribution in [0.15, 0.2) is 42.5 Å². The minimum absolute atomic E-state index is 0.0154. The highest BCUT2D eigenvalue weighted by Gasteiger charge is 2.24. The highest BCUT2D eigenvalue weighted by atomic mass is 16.1. The molecule has 2 aromatic rings. The zero-order valence-corrected chi connectivity index (χ0v) is 14.8. The van der Waals surface area contributed by atoms with E-state index in [1.54, 1.807) is 0 Å². The first-order chi connectivity index (χ1) is 11.6. The Morgan fingerprint density at radius 1 is 1.21 bits per heavy atom. The van der Waals surface area contributed by atoms with E-state index in [2.05, 4.69) is 49.3 Å². The third kappa shape index (κ3) is 3.51. The van der Waals surface area contributed by atoms with Gasteiger partial charge in [0, 0.05) is 24.7 Å². The maximum atomic E-state index is 12.4. The van der Waals surface area contributed by atoms with Crippen molar-refractivity contribution in [3.63, 3.8) is 0 Å². The van der Waals surface area contributed by atoms with Crippen molar-refractivity contribution in [1.29, 1.82) is 0 Å². The normalized spacial score (nSPS) is 17.4. The first kappa shape index (κ1) is 16.7. The molecule has 1 heterocycles. The molecule has 1 amide bonds. The zero-order chi connectivity index (χ0) is 17.1. The lowest BCUT2D eigenvalue weighted by Crippen LogP contribution is -2.45. The minimum atomic E-state index is 0.0154. The molecular weight excluding hydrogens is 296 g/mol. The van der Waals surface area contributed by atoms with Gasteiger partial charge in [0.25, 0.3) is 5.91 Å². The summed E-state index contributed by atoms with van der Waals surface area (Å²) >= 11 is 0. The molecule has 1 N–H and O–H groups in total. The molecule has 3 heteroatoms. The van der Waals surface area contributed by atoms with Gasteiger partial charge in [-0.1, -0.05) is 37.3 Å². The van der Waals surface area contributed by atoms with E-state index in [1.165, 1.54) is 22.3 Å². The molecule has 0 saturated heterocycles. The lowest BCUT2D eigenvalue weighted by Gasteiger charge is -2.35. The smallest absolute Gasteiger partial charge is 0.251 e. The minimum Gasteiger partial charge on any atom is -0.350 e. The van der Waals surface area contributed by atoms with Crippen LogP contribution in [0.3, 0.4) is 0 Å². The van der Waals surface area contributed by atoms with Gasteiger partial charge in [-0.15, -0.1) is 0 Å². The van der Waals surface area contributed by atoms with Crippen molar-refractivity contribution in [1.82, 2.24) is 10.2 Å². The van der Waals surface area contributed by atoms with Crippen molar-refractivity contribution in [2.45, 2.75) is 39.3 Å². The Balaban J connectivity index is 1.63. The lowest BCUT2D eigenvalue weighted by atomic mass is 9.91. The van der Waals surface area contributed by atoms with Crippen LogP contribution in [0.2, 0.25) is 0 Å². The SMILES string of the molecule is CCc1ccc(C(=O)NC[C@H]2Cc3c(C)cccc3CN2C)cc1. The summed E-state index contributed by atoms with van der Waals surface area (Å²) in [5.74, 6) is 0.0154. The number of hydrogen-bond donors (Lipinski definition) is 1. The molecule has 3 nitrogen and oxygen atoms in total. The molecule has 1 atom stereocenters. The lowest BCUT2D eigenvalue weighted by molar-refractivity contribution is 0.0934. The van der Waals surface area contributed by atoms with Gasteiger partial charge in [0.2, 0.25) is 0 Å². The predicted octanol–water partition coefficient (Wildman–Crippen LogP) is 3.34. The third-order valence-electron chi connectivity index (χ3n) is 5.11. The zero-order valence-electron chi connectivity index (χ0n) is 14.8. The number of nitrogens with zero attached hydrogens (tertiary/aromatic N) is 1. The van der Waals surface area contributed by atoms with E-state index in [-0.39, 0.29) is 5.91 Å². The molecule has 126 valence electrons. The Morgan fingerprint density at radius 3 is 2.67 bits per heavy atom. The Kier molecular flexibility index (Phi) is 5.00. The van der Waals surface area contributed by atoms with Crippen LogP contribution in [-0.4, -0.2) is 30.4 Å². The summed E-state index contributed by atoms with van der Waals surface area (Å²) < 4.78 is 0. The highest BCUT2D eigenvalue weighted by Crippen LogP contribution is 2.24. The van der Waals surface area contributed by atoms with Crippen molar-refractivity contribution in [3.05, 3.63) is 70.3 Å². The number of carbonyl (C=O) groups excluding carboxylic acids is 1. The molecule has 3 rings (SSSR count). The number of benzene rings is 2. The average molecular weight is 322 g/mol. The standard InChI is InChI=1S/C21H26N2O/c1-4-16-8-10-17(11-9-16)21(24)22-13-19-12-20-15(2)6-5-7-18(20)14-23(19)3/h5-11,19H,4,12-14H2,1-3H3,(H,22,24)/t19-/m1/s1. The number of likely N-dealkylation sites (N-methyl/N-ethyl adjacent to an activating group) is 1. The number of fused-ring (bicyclic) bond motifs is 1. The number of aryl methyl sites for hydroxylation is 2. The fraction of sp³-hybridized carbons (Fsp3) is 0.381.